The number of nitrogens with two attached hydrogens (primary N) is 1. The fraction of sp³-hybridized carbons (Fsp3) is 0.455. The van der Waals surface area contributed by atoms with Crippen molar-refractivity contribution in [3.63, 3.8) is 0 Å². The van der Waals surface area contributed by atoms with Crippen LogP contribution in [0.25, 0.3) is 10.9 Å². The second kappa shape index (κ2) is 13.0. The summed E-state index contributed by atoms with van der Waals surface area (Å²) in [6.07, 6.45) is 2.78. The van der Waals surface area contributed by atoms with E-state index in [1.807, 2.05) is 30.5 Å². The maximum absolute atomic E-state index is 12.6. The third-order valence-corrected chi connectivity index (χ3v) is 5.87. The smallest absolute Gasteiger partial charge is 0.326 e. The van der Waals surface area contributed by atoms with Crippen LogP contribution in [0.3, 0.4) is 0 Å². The monoisotopic (exact) mass is 493 g/mol. The van der Waals surface area contributed by atoms with Crippen molar-refractivity contribution >= 4 is 46.4 Å². The van der Waals surface area contributed by atoms with Gasteiger partial charge in [0, 0.05) is 23.5 Å². The van der Waals surface area contributed by atoms with Crippen LogP contribution in [-0.2, 0) is 25.6 Å². The summed E-state index contributed by atoms with van der Waals surface area (Å²) in [4.78, 5) is 51.8. The molecule has 8 N–H and O–H groups in total. The number of aliphatic carboxylic acids is 1. The van der Waals surface area contributed by atoms with Gasteiger partial charge in [0.05, 0.1) is 12.6 Å². The molecule has 2 rings (SSSR count). The van der Waals surface area contributed by atoms with Crippen LogP contribution in [0, 0.1) is 0 Å². The number of aliphatic hydroxyl groups excluding tert-OH is 1. The lowest BCUT2D eigenvalue weighted by Crippen LogP contribution is -2.55. The van der Waals surface area contributed by atoms with E-state index < -0.39 is 54.5 Å². The van der Waals surface area contributed by atoms with Gasteiger partial charge in [-0.15, -0.1) is 0 Å². The van der Waals surface area contributed by atoms with E-state index >= 15 is 0 Å². The Labute approximate surface area is 201 Å². The zero-order chi connectivity index (χ0) is 25.3. The Hall–Kier alpha value is -3.09. The highest BCUT2D eigenvalue weighted by molar-refractivity contribution is 7.98. The number of carboxylic acids is 1. The van der Waals surface area contributed by atoms with Gasteiger partial charge in [0.2, 0.25) is 17.7 Å². The van der Waals surface area contributed by atoms with E-state index in [1.165, 1.54) is 18.7 Å². The number of benzene rings is 1. The molecule has 0 fully saturated rings. The molecule has 0 aliphatic rings. The number of hydrogen-bond acceptors (Lipinski definition) is 7. The average Bonchev–Trinajstić information content (AvgIpc) is 3.21. The number of para-hydroxylation sites is 1. The molecule has 34 heavy (non-hydrogen) atoms. The highest BCUT2D eigenvalue weighted by Crippen LogP contribution is 2.19. The molecule has 11 nitrogen and oxygen atoms in total. The molecule has 1 aromatic carbocycles. The topological polar surface area (TPSA) is 187 Å². The Kier molecular flexibility index (Phi) is 10.4. The van der Waals surface area contributed by atoms with Crippen LogP contribution in [0.2, 0.25) is 0 Å². The van der Waals surface area contributed by atoms with Crippen molar-refractivity contribution in [3.8, 4) is 0 Å². The number of carbonyl (C=O) groups is 4. The van der Waals surface area contributed by atoms with Gasteiger partial charge in [0.25, 0.3) is 0 Å². The molecule has 0 aliphatic heterocycles. The number of aromatic amines is 1. The van der Waals surface area contributed by atoms with Crippen molar-refractivity contribution < 1.29 is 29.4 Å². The molecule has 0 saturated heterocycles. The standard InChI is InChI=1S/C22H31N5O6S/c1-12(28)19(23)21(31)27-16(7-8-34-2)20(30)25-11-18(29)26-17(22(32)33)9-13-10-24-15-6-4-3-5-14(13)15/h3-6,10,12,16-17,19,24,28H,7-9,11,23H2,1-2H3,(H,25,30)(H,26,29)(H,27,31)(H,32,33). The lowest BCUT2D eigenvalue weighted by Gasteiger charge is -2.21. The zero-order valence-electron chi connectivity index (χ0n) is 19.0. The van der Waals surface area contributed by atoms with Crippen molar-refractivity contribution in [3.05, 3.63) is 36.0 Å². The van der Waals surface area contributed by atoms with Gasteiger partial charge < -0.3 is 36.9 Å². The number of carboxylic acid groups (broad SMARTS) is 1. The third kappa shape index (κ3) is 7.75. The van der Waals surface area contributed by atoms with Crippen molar-refractivity contribution in [1.82, 2.24) is 20.9 Å². The van der Waals surface area contributed by atoms with E-state index in [-0.39, 0.29) is 12.8 Å². The summed E-state index contributed by atoms with van der Waals surface area (Å²) in [5, 5.41) is 27.2. The van der Waals surface area contributed by atoms with Gasteiger partial charge in [-0.05, 0) is 37.0 Å². The molecule has 0 radical (unpaired) electrons. The Bertz CT molecular complexity index is 1010. The molecule has 0 spiro atoms. The van der Waals surface area contributed by atoms with E-state index in [0.717, 1.165) is 16.5 Å². The predicted octanol–water partition coefficient (Wildman–Crippen LogP) is -0.658. The van der Waals surface area contributed by atoms with Crippen molar-refractivity contribution in [2.75, 3.05) is 18.6 Å². The molecule has 0 aliphatic carbocycles. The Morgan fingerprint density at radius 3 is 2.47 bits per heavy atom. The fourth-order valence-corrected chi connectivity index (χ4v) is 3.72. The van der Waals surface area contributed by atoms with Crippen LogP contribution in [0.4, 0.5) is 0 Å². The number of aromatic nitrogens is 1. The number of aliphatic hydroxyl groups is 1. The fourth-order valence-electron chi connectivity index (χ4n) is 3.25. The van der Waals surface area contributed by atoms with Gasteiger partial charge in [-0.1, -0.05) is 18.2 Å². The van der Waals surface area contributed by atoms with E-state index in [2.05, 4.69) is 20.9 Å². The number of amides is 3. The van der Waals surface area contributed by atoms with Crippen molar-refractivity contribution in [2.24, 2.45) is 5.73 Å². The number of H-pyrrole nitrogens is 1. The summed E-state index contributed by atoms with van der Waals surface area (Å²) in [6, 6.07) is 4.06. The minimum Gasteiger partial charge on any atom is -0.480 e. The number of fused-ring (bicyclic) bond motifs is 1. The zero-order valence-corrected chi connectivity index (χ0v) is 19.9. The number of nitrogens with one attached hydrogen (secondary N) is 4. The summed E-state index contributed by atoms with van der Waals surface area (Å²) in [5.41, 5.74) is 7.20. The largest absolute Gasteiger partial charge is 0.480 e. The molecule has 3 amide bonds. The second-order valence-electron chi connectivity index (χ2n) is 7.85. The van der Waals surface area contributed by atoms with Gasteiger partial charge in [-0.2, -0.15) is 11.8 Å². The normalized spacial score (nSPS) is 14.6. The maximum Gasteiger partial charge on any atom is 0.326 e. The van der Waals surface area contributed by atoms with Crippen LogP contribution in [0.1, 0.15) is 18.9 Å². The summed E-state index contributed by atoms with van der Waals surface area (Å²) in [6.45, 7) is 0.894. The van der Waals surface area contributed by atoms with Gasteiger partial charge >= 0.3 is 5.97 Å². The van der Waals surface area contributed by atoms with Gasteiger partial charge in [-0.3, -0.25) is 14.4 Å². The summed E-state index contributed by atoms with van der Waals surface area (Å²) < 4.78 is 0. The highest BCUT2D eigenvalue weighted by Gasteiger charge is 2.27. The van der Waals surface area contributed by atoms with Crippen molar-refractivity contribution in [1.29, 1.82) is 0 Å². The number of rotatable bonds is 13. The Morgan fingerprint density at radius 1 is 1.12 bits per heavy atom. The molecule has 0 saturated carbocycles. The summed E-state index contributed by atoms with van der Waals surface area (Å²) >= 11 is 1.47. The lowest BCUT2D eigenvalue weighted by molar-refractivity contribution is -0.141. The first-order chi connectivity index (χ1) is 16.1. The summed E-state index contributed by atoms with van der Waals surface area (Å²) in [7, 11) is 0. The van der Waals surface area contributed by atoms with Gasteiger partial charge in [-0.25, -0.2) is 4.79 Å². The second-order valence-corrected chi connectivity index (χ2v) is 8.83. The first-order valence-corrected chi connectivity index (χ1v) is 12.1. The Balaban J connectivity index is 1.95. The maximum atomic E-state index is 12.6. The first-order valence-electron chi connectivity index (χ1n) is 10.7. The quantitative estimate of drug-likeness (QED) is 0.192. The molecule has 12 heteroatoms. The van der Waals surface area contributed by atoms with Gasteiger partial charge in [0.1, 0.15) is 18.1 Å². The predicted molar refractivity (Wildman–Crippen MR) is 129 cm³/mol. The van der Waals surface area contributed by atoms with Gasteiger partial charge in [0.15, 0.2) is 0 Å². The minimum atomic E-state index is -1.21. The highest BCUT2D eigenvalue weighted by atomic mass is 32.2. The van der Waals surface area contributed by atoms with Crippen LogP contribution < -0.4 is 21.7 Å². The van der Waals surface area contributed by atoms with E-state index in [4.69, 9.17) is 5.73 Å². The average molecular weight is 494 g/mol. The molecule has 4 unspecified atom stereocenters. The molecule has 1 aromatic heterocycles. The van der Waals surface area contributed by atoms with Crippen LogP contribution >= 0.6 is 11.8 Å². The molecule has 2 aromatic rings. The number of carbonyl (C=O) groups excluding carboxylic acids is 3. The molecule has 0 bridgehead atoms. The number of thioether (sulfide) groups is 1. The SMILES string of the molecule is CSCCC(NC(=O)C(N)C(C)O)C(=O)NCC(=O)NC(Cc1c[nH]c2ccccc12)C(=O)O. The molecule has 186 valence electrons. The van der Waals surface area contributed by atoms with Crippen LogP contribution in [0.5, 0.6) is 0 Å². The van der Waals surface area contributed by atoms with Crippen molar-refractivity contribution in [2.45, 2.75) is 44.0 Å². The number of hydrogen-bond donors (Lipinski definition) is 7. The molecule has 1 heterocycles. The molecular weight excluding hydrogens is 462 g/mol. The van der Waals surface area contributed by atoms with Crippen LogP contribution in [-0.4, -0.2) is 81.7 Å². The molecule has 4 atom stereocenters. The van der Waals surface area contributed by atoms with Crippen LogP contribution in [0.15, 0.2) is 30.5 Å². The molecular formula is C22H31N5O6S. The summed E-state index contributed by atoms with van der Waals surface area (Å²) in [5.74, 6) is -2.64. The van der Waals surface area contributed by atoms with E-state index in [9.17, 15) is 29.4 Å². The van der Waals surface area contributed by atoms with E-state index in [0.29, 0.717) is 5.75 Å². The third-order valence-electron chi connectivity index (χ3n) is 5.22. The first kappa shape index (κ1) is 27.2. The van der Waals surface area contributed by atoms with E-state index in [1.54, 1.807) is 6.20 Å². The minimum absolute atomic E-state index is 0.0582. The lowest BCUT2D eigenvalue weighted by atomic mass is 10.0. The Morgan fingerprint density at radius 2 is 1.82 bits per heavy atom.